The molecule has 5 rings (SSSR count). The quantitative estimate of drug-likeness (QED) is 0.177. The Kier molecular flexibility index (Phi) is 16.8. The van der Waals surface area contributed by atoms with Crippen LogP contribution >= 0.6 is 0 Å². The number of ether oxygens (including phenoxy) is 6. The van der Waals surface area contributed by atoms with E-state index in [0.29, 0.717) is 23.1 Å². The highest BCUT2D eigenvalue weighted by Crippen LogP contribution is 2.41. The monoisotopic (exact) mass is 908 g/mol. The summed E-state index contributed by atoms with van der Waals surface area (Å²) in [5.74, 6) is -6.08. The fourth-order valence-electron chi connectivity index (χ4n) is 9.89. The minimum absolute atomic E-state index is 0.0329. The number of ketones is 1. The van der Waals surface area contributed by atoms with Crippen molar-refractivity contribution in [2.45, 2.75) is 179 Å². The van der Waals surface area contributed by atoms with E-state index in [-0.39, 0.29) is 44.4 Å². The fraction of sp³-hybridized carbons (Fsp3) is 0.783. The number of esters is 1. The molecule has 2 aromatic rings. The van der Waals surface area contributed by atoms with Crippen molar-refractivity contribution in [1.29, 1.82) is 0 Å². The molecule has 3 aliphatic rings. The molecule has 6 N–H and O–H groups in total. The maximum Gasteiger partial charge on any atom is 0.311 e. The predicted octanol–water partition coefficient (Wildman–Crippen LogP) is 2.27. The molecule has 0 aliphatic carbocycles. The van der Waals surface area contributed by atoms with Gasteiger partial charge in [0.15, 0.2) is 18.2 Å². The average molecular weight is 908 g/mol. The van der Waals surface area contributed by atoms with Gasteiger partial charge in [-0.05, 0) is 80.6 Å². The van der Waals surface area contributed by atoms with E-state index < -0.39 is 113 Å². The van der Waals surface area contributed by atoms with Gasteiger partial charge in [0.05, 0.1) is 54.1 Å². The number of nitrogens with zero attached hydrogens (tertiary/aromatic N) is 2. The van der Waals surface area contributed by atoms with Crippen LogP contribution in [0.2, 0.25) is 0 Å². The molecule has 0 saturated carbocycles. The van der Waals surface area contributed by atoms with E-state index in [4.69, 9.17) is 32.9 Å². The predicted molar refractivity (Wildman–Crippen MR) is 231 cm³/mol. The molecule has 18 atom stereocenters. The lowest BCUT2D eigenvalue weighted by molar-refractivity contribution is -0.318. The van der Waals surface area contributed by atoms with Crippen molar-refractivity contribution in [3.8, 4) is 0 Å². The first-order chi connectivity index (χ1) is 29.8. The number of para-hydroxylation sites is 1. The van der Waals surface area contributed by atoms with Crippen LogP contribution in [0.1, 0.15) is 93.7 Å². The molecular formula is C46H73N3O15. The molecule has 3 saturated heterocycles. The number of likely N-dealkylation sites (N-methyl/N-ethyl adjacent to an activating group) is 1. The van der Waals surface area contributed by atoms with Crippen LogP contribution in [-0.4, -0.2) is 165 Å². The van der Waals surface area contributed by atoms with Gasteiger partial charge in [0.1, 0.15) is 35.4 Å². The molecule has 8 unspecified atom stereocenters. The zero-order valence-corrected chi connectivity index (χ0v) is 39.4. The maximum atomic E-state index is 14.6. The second-order valence-electron chi connectivity index (χ2n) is 19.5. The van der Waals surface area contributed by atoms with Crippen LogP contribution in [0.15, 0.2) is 28.8 Å². The van der Waals surface area contributed by atoms with Crippen molar-refractivity contribution in [1.82, 2.24) is 15.4 Å². The third-order valence-corrected chi connectivity index (χ3v) is 14.0. The first-order valence-corrected chi connectivity index (χ1v) is 22.5. The number of hydrogen-bond acceptors (Lipinski definition) is 17. The number of fused-ring (bicyclic) bond motifs is 1. The lowest BCUT2D eigenvalue weighted by Crippen LogP contribution is -2.61. The molecule has 1 aromatic carbocycles. The van der Waals surface area contributed by atoms with Crippen LogP contribution in [0.4, 0.5) is 0 Å². The van der Waals surface area contributed by atoms with Crippen LogP contribution in [-0.2, 0) is 49.2 Å². The number of aromatic nitrogens is 1. The molecule has 4 heterocycles. The Morgan fingerprint density at radius 1 is 0.938 bits per heavy atom. The van der Waals surface area contributed by atoms with Crippen molar-refractivity contribution in [3.05, 3.63) is 30.0 Å². The topological polar surface area (TPSA) is 249 Å². The molecule has 3 aliphatic heterocycles. The summed E-state index contributed by atoms with van der Waals surface area (Å²) in [6, 6.07) is 6.74. The number of aliphatic hydroxyl groups excluding tert-OH is 3. The van der Waals surface area contributed by atoms with E-state index in [1.807, 2.05) is 25.9 Å². The second kappa shape index (κ2) is 20.8. The molecule has 1 aromatic heterocycles. The van der Waals surface area contributed by atoms with Gasteiger partial charge in [0.25, 0.3) is 0 Å². The Morgan fingerprint density at radius 3 is 2.27 bits per heavy atom. The number of methoxy groups -OCH3 is 1. The number of rotatable bonds is 11. The van der Waals surface area contributed by atoms with Crippen molar-refractivity contribution in [2.75, 3.05) is 27.7 Å². The summed E-state index contributed by atoms with van der Waals surface area (Å²) in [6.07, 6.45) is -11.3. The first-order valence-electron chi connectivity index (χ1n) is 22.5. The van der Waals surface area contributed by atoms with Gasteiger partial charge in [-0.15, -0.1) is 0 Å². The van der Waals surface area contributed by atoms with Gasteiger partial charge >= 0.3 is 5.97 Å². The summed E-state index contributed by atoms with van der Waals surface area (Å²) in [4.78, 5) is 43.9. The number of amides is 1. The van der Waals surface area contributed by atoms with Crippen LogP contribution in [0.25, 0.3) is 11.0 Å². The average Bonchev–Trinajstić information content (AvgIpc) is 3.64. The highest BCUT2D eigenvalue weighted by atomic mass is 16.7. The summed E-state index contributed by atoms with van der Waals surface area (Å²) >= 11 is 0. The molecule has 0 bridgehead atoms. The summed E-state index contributed by atoms with van der Waals surface area (Å²) in [6.45, 7) is 14.2. The van der Waals surface area contributed by atoms with Crippen LogP contribution < -0.4 is 5.32 Å². The summed E-state index contributed by atoms with van der Waals surface area (Å²) in [5, 5.41) is 66.6. The summed E-state index contributed by atoms with van der Waals surface area (Å²) in [7, 11) is 5.12. The van der Waals surface area contributed by atoms with Gasteiger partial charge in [-0.2, -0.15) is 0 Å². The van der Waals surface area contributed by atoms with E-state index in [1.54, 1.807) is 58.9 Å². The SMILES string of the molecule is COC1(C)CC(O[C@H]2[C@H](C)[C@@H](OC3OC(C)CC(N(C)C)C3O)[C@](C)(O)C[C@@H](C)C(=O)[C@H](C)[C@@H](O)[C@](C)(O)[C@@H](CCNC(=O)Cc3noc4ccccc34)OC(=O)[C@@H]2C)OC(C)C1O. The number of carbonyl (C=O) groups is 3. The van der Waals surface area contributed by atoms with Crippen molar-refractivity contribution >= 4 is 28.6 Å². The van der Waals surface area contributed by atoms with Gasteiger partial charge in [-0.25, -0.2) is 0 Å². The van der Waals surface area contributed by atoms with Crippen molar-refractivity contribution < 1.29 is 72.9 Å². The number of aliphatic hydroxyl groups is 5. The molecule has 18 nitrogen and oxygen atoms in total. The Labute approximate surface area is 376 Å². The van der Waals surface area contributed by atoms with Gasteiger partial charge in [0, 0.05) is 55.7 Å². The lowest BCUT2D eigenvalue weighted by atomic mass is 9.74. The highest BCUT2D eigenvalue weighted by molar-refractivity contribution is 5.86. The molecule has 1 amide bonds. The van der Waals surface area contributed by atoms with E-state index in [2.05, 4.69) is 10.5 Å². The molecule has 0 spiro atoms. The molecule has 64 heavy (non-hydrogen) atoms. The second-order valence-corrected chi connectivity index (χ2v) is 19.5. The Hall–Kier alpha value is -3.14. The van der Waals surface area contributed by atoms with E-state index >= 15 is 0 Å². The summed E-state index contributed by atoms with van der Waals surface area (Å²) in [5.41, 5.74) is -4.28. The van der Waals surface area contributed by atoms with Gasteiger partial charge in [-0.3, -0.25) is 14.4 Å². The molecule has 0 radical (unpaired) electrons. The van der Waals surface area contributed by atoms with Crippen molar-refractivity contribution in [3.63, 3.8) is 0 Å². The standard InChI is InChI=1S/C46H73N3O15/c1-23-21-44(7,56)41(63-43-37(52)31(49(10)11)19-24(2)59-43)26(4)38(62-35-22-45(8,58-12)40(54)28(6)60-35)27(5)42(55)61-33(46(9,57)39(53)25(3)36(23)51)17-18-47-34(50)20-30-29-15-13-14-16-32(29)64-48-30/h13-16,23-28,31,33,35,37-41,43,52-54,56-57H,17-22H2,1-12H3,(H,47,50)/t23-,24?,25+,26+,27-,28?,31?,33-,35?,37?,38+,39-,40?,41-,43?,44-,45?,46-/m1/s1. The Bertz CT molecular complexity index is 1890. The van der Waals surface area contributed by atoms with Crippen LogP contribution in [0.5, 0.6) is 0 Å². The van der Waals surface area contributed by atoms with E-state index in [9.17, 15) is 39.9 Å². The maximum absolute atomic E-state index is 14.6. The number of benzene rings is 1. The third kappa shape index (κ3) is 11.3. The van der Waals surface area contributed by atoms with Crippen LogP contribution in [0, 0.1) is 23.7 Å². The number of hydrogen-bond donors (Lipinski definition) is 6. The molecule has 18 heteroatoms. The molecule has 3 fully saturated rings. The number of carbonyl (C=O) groups excluding carboxylic acids is 3. The zero-order valence-electron chi connectivity index (χ0n) is 39.4. The van der Waals surface area contributed by atoms with Gasteiger partial charge in [0.2, 0.25) is 5.91 Å². The fourth-order valence-corrected chi connectivity index (χ4v) is 9.89. The minimum Gasteiger partial charge on any atom is -0.459 e. The van der Waals surface area contributed by atoms with Gasteiger partial charge in [-0.1, -0.05) is 38.1 Å². The van der Waals surface area contributed by atoms with Crippen molar-refractivity contribution in [2.24, 2.45) is 23.7 Å². The largest absolute Gasteiger partial charge is 0.459 e. The normalized spacial score (nSPS) is 42.0. The Balaban J connectivity index is 1.52. The highest BCUT2D eigenvalue weighted by Gasteiger charge is 2.53. The number of nitrogens with one attached hydrogen (secondary N) is 1. The zero-order chi connectivity index (χ0) is 47.6. The molecule has 362 valence electrons. The van der Waals surface area contributed by atoms with Gasteiger partial charge < -0.3 is 68.7 Å². The number of Topliss-reactive ketones (excluding diaryl/α,β-unsaturated/α-hetero) is 1. The lowest BCUT2D eigenvalue weighted by Gasteiger charge is -2.49. The smallest absolute Gasteiger partial charge is 0.311 e. The van der Waals surface area contributed by atoms with Crippen LogP contribution in [0.3, 0.4) is 0 Å². The summed E-state index contributed by atoms with van der Waals surface area (Å²) < 4.78 is 42.9. The Morgan fingerprint density at radius 2 is 1.61 bits per heavy atom. The van der Waals surface area contributed by atoms with E-state index in [0.717, 1.165) is 0 Å². The number of cyclic esters (lactones) is 1. The van der Waals surface area contributed by atoms with E-state index in [1.165, 1.54) is 27.9 Å². The molecular weight excluding hydrogens is 835 g/mol. The first kappa shape index (κ1) is 51.8. The minimum atomic E-state index is -2.23. The third-order valence-electron chi connectivity index (χ3n) is 14.0.